The first-order chi connectivity index (χ1) is 24.2. The van der Waals surface area contributed by atoms with E-state index in [2.05, 4.69) is 26.0 Å². The van der Waals surface area contributed by atoms with Crippen LogP contribution in [0.4, 0.5) is 4.39 Å². The molecule has 2 aromatic carbocycles. The molecule has 0 saturated heterocycles. The van der Waals surface area contributed by atoms with Crippen molar-refractivity contribution in [3.05, 3.63) is 88.1 Å². The fraction of sp³-hybridized carbons (Fsp3) is 0.361. The number of nitrogens with one attached hydrogen (secondary N) is 3. The van der Waals surface area contributed by atoms with Crippen molar-refractivity contribution in [3.8, 4) is 11.3 Å². The second-order valence-corrected chi connectivity index (χ2v) is 12.2. The normalized spacial score (nSPS) is 15.6. The van der Waals surface area contributed by atoms with Gasteiger partial charge in [0.05, 0.1) is 35.0 Å². The zero-order chi connectivity index (χ0) is 35.8. The van der Waals surface area contributed by atoms with Crippen LogP contribution in [0.2, 0.25) is 0 Å². The summed E-state index contributed by atoms with van der Waals surface area (Å²) in [7, 11) is 5.42. The molecule has 13 nitrogen and oxygen atoms in total. The predicted octanol–water partition coefficient (Wildman–Crippen LogP) is 3.20. The number of nitrogens with zero attached hydrogens (tertiary/aromatic N) is 5. The summed E-state index contributed by atoms with van der Waals surface area (Å²) in [4.78, 5) is 64.9. The third-order valence-corrected chi connectivity index (χ3v) is 8.47. The van der Waals surface area contributed by atoms with Crippen LogP contribution in [0.15, 0.2) is 65.6 Å². The molecule has 0 spiro atoms. The summed E-state index contributed by atoms with van der Waals surface area (Å²) in [5.74, 6) is -0.628. The van der Waals surface area contributed by atoms with Crippen molar-refractivity contribution in [3.63, 3.8) is 0 Å². The second-order valence-electron chi connectivity index (χ2n) is 12.2. The lowest BCUT2D eigenvalue weighted by molar-refractivity contribution is -0.111. The van der Waals surface area contributed by atoms with E-state index in [1.807, 2.05) is 32.3 Å². The van der Waals surface area contributed by atoms with Gasteiger partial charge < -0.3 is 25.5 Å². The molecule has 6 rings (SSSR count). The average Bonchev–Trinajstić information content (AvgIpc) is 3.54. The van der Waals surface area contributed by atoms with Crippen molar-refractivity contribution in [2.75, 3.05) is 20.6 Å². The van der Waals surface area contributed by atoms with Crippen molar-refractivity contribution < 1.29 is 23.6 Å². The van der Waals surface area contributed by atoms with Gasteiger partial charge in [0, 0.05) is 37.6 Å². The van der Waals surface area contributed by atoms with E-state index >= 15 is 0 Å². The molecular weight excluding hydrogens is 643 g/mol. The Labute approximate surface area is 287 Å². The molecule has 1 aliphatic carbocycles. The van der Waals surface area contributed by atoms with E-state index in [0.29, 0.717) is 41.7 Å². The van der Waals surface area contributed by atoms with E-state index in [4.69, 9.17) is 0 Å². The summed E-state index contributed by atoms with van der Waals surface area (Å²) in [6.07, 6.45) is 4.94. The van der Waals surface area contributed by atoms with Crippen molar-refractivity contribution in [2.45, 2.75) is 56.8 Å². The van der Waals surface area contributed by atoms with Gasteiger partial charge in [0.1, 0.15) is 24.4 Å². The molecule has 0 bridgehead atoms. The van der Waals surface area contributed by atoms with Crippen LogP contribution >= 0.6 is 0 Å². The fourth-order valence-corrected chi connectivity index (χ4v) is 5.67. The summed E-state index contributed by atoms with van der Waals surface area (Å²) in [5, 5.41) is 12.9. The number of fused-ring (bicyclic) bond motifs is 2. The number of benzene rings is 2. The lowest BCUT2D eigenvalue weighted by Gasteiger charge is -2.11. The first kappa shape index (κ1) is 35.8. The number of carbonyl (C=O) groups is 4. The maximum atomic E-state index is 13.2. The number of unbranched alkanes of at least 4 members (excludes halogenated alkanes) is 1. The SMILES string of the molecule is CNC.Cn1c(=O)n(C(C=O)CCC=O)c2ccc(CCCCNC(=O)c3ccc(-c4ccc5ncc(C(=O)NC6CC6F)n5n4)cc3)cc21. The number of carbonyl (C=O) groups excluding carboxylic acids is 4. The molecule has 0 radical (unpaired) electrons. The largest absolute Gasteiger partial charge is 0.352 e. The Morgan fingerprint density at radius 2 is 1.76 bits per heavy atom. The number of hydrogen-bond acceptors (Lipinski definition) is 8. The molecule has 5 aromatic rings. The summed E-state index contributed by atoms with van der Waals surface area (Å²) >= 11 is 0. The highest BCUT2D eigenvalue weighted by molar-refractivity contribution is 5.95. The number of halogens is 1. The molecule has 0 aliphatic heterocycles. The van der Waals surface area contributed by atoms with Gasteiger partial charge in [-0.15, -0.1) is 0 Å². The van der Waals surface area contributed by atoms with Gasteiger partial charge in [-0.05, 0) is 81.7 Å². The van der Waals surface area contributed by atoms with Crippen molar-refractivity contribution in [1.29, 1.82) is 0 Å². The van der Waals surface area contributed by atoms with Gasteiger partial charge >= 0.3 is 5.69 Å². The minimum Gasteiger partial charge on any atom is -0.352 e. The number of aromatic nitrogens is 5. The number of alkyl halides is 1. The van der Waals surface area contributed by atoms with Crippen LogP contribution in [-0.2, 0) is 23.1 Å². The van der Waals surface area contributed by atoms with Crippen molar-refractivity contribution >= 4 is 41.1 Å². The third-order valence-electron chi connectivity index (χ3n) is 8.47. The highest BCUT2D eigenvalue weighted by Crippen LogP contribution is 2.26. The zero-order valence-electron chi connectivity index (χ0n) is 28.3. The number of imidazole rings is 2. The van der Waals surface area contributed by atoms with Gasteiger partial charge in [-0.3, -0.25) is 18.7 Å². The number of aryl methyl sites for hydroxylation is 2. The van der Waals surface area contributed by atoms with Crippen molar-refractivity contribution in [1.82, 2.24) is 39.7 Å². The van der Waals surface area contributed by atoms with E-state index in [1.54, 1.807) is 43.4 Å². The Kier molecular flexibility index (Phi) is 11.6. The molecule has 2 amide bonds. The minimum absolute atomic E-state index is 0.196. The van der Waals surface area contributed by atoms with Crippen molar-refractivity contribution in [2.24, 2.45) is 7.05 Å². The van der Waals surface area contributed by atoms with Crippen LogP contribution in [0.1, 0.15) is 64.6 Å². The van der Waals surface area contributed by atoms with Gasteiger partial charge in [-0.1, -0.05) is 18.2 Å². The standard InChI is InChI=1S/C34H34FN7O5.C2H7N/c1-40-29-17-21(7-13-28(29)41(34(40)47)24(20-44)6-4-16-43)5-2-3-15-36-32(45)23-10-8-22(9-11-23)26-12-14-31-37-19-30(42(31)39-26)33(46)38-27-18-25(27)35;1-3-2/h7-14,16-17,19-20,24-25,27H,2-6,15,18H2,1H3,(H,36,45)(H,38,46);3H,1-2H3. The van der Waals surface area contributed by atoms with E-state index in [-0.39, 0.29) is 30.1 Å². The average molecular weight is 685 g/mol. The highest BCUT2D eigenvalue weighted by Gasteiger charge is 2.39. The van der Waals surface area contributed by atoms with E-state index in [0.717, 1.165) is 42.2 Å². The predicted molar refractivity (Wildman–Crippen MR) is 187 cm³/mol. The molecule has 50 heavy (non-hydrogen) atoms. The van der Waals surface area contributed by atoms with Gasteiger partial charge in [-0.2, -0.15) is 5.10 Å². The summed E-state index contributed by atoms with van der Waals surface area (Å²) in [5.41, 5.74) is 4.66. The van der Waals surface area contributed by atoms with Gasteiger partial charge in [0.2, 0.25) is 0 Å². The molecule has 14 heteroatoms. The first-order valence-corrected chi connectivity index (χ1v) is 16.6. The lowest BCUT2D eigenvalue weighted by atomic mass is 10.1. The fourth-order valence-electron chi connectivity index (χ4n) is 5.67. The van der Waals surface area contributed by atoms with Gasteiger partial charge in [0.15, 0.2) is 5.65 Å². The quantitative estimate of drug-likeness (QED) is 0.119. The third kappa shape index (κ3) is 8.03. The second kappa shape index (κ2) is 16.3. The Balaban J connectivity index is 0.00000156. The smallest absolute Gasteiger partial charge is 0.329 e. The molecule has 3 aromatic heterocycles. The Bertz CT molecular complexity index is 2050. The molecule has 3 unspecified atom stereocenters. The van der Waals surface area contributed by atoms with Crippen LogP contribution < -0.4 is 21.6 Å². The maximum absolute atomic E-state index is 13.2. The number of rotatable bonds is 14. The topological polar surface area (TPSA) is 161 Å². The number of hydrogen-bond donors (Lipinski definition) is 3. The molecular formula is C36H41FN8O5. The molecule has 1 fully saturated rings. The Morgan fingerprint density at radius 1 is 1.02 bits per heavy atom. The molecule has 1 saturated carbocycles. The van der Waals surface area contributed by atoms with E-state index in [1.165, 1.54) is 19.8 Å². The molecule has 3 atom stereocenters. The summed E-state index contributed by atoms with van der Waals surface area (Å²) in [6, 6.07) is 15.1. The van der Waals surface area contributed by atoms with E-state index < -0.39 is 24.2 Å². The zero-order valence-corrected chi connectivity index (χ0v) is 28.3. The van der Waals surface area contributed by atoms with Crippen LogP contribution in [0.25, 0.3) is 27.9 Å². The molecule has 262 valence electrons. The first-order valence-electron chi connectivity index (χ1n) is 16.6. The van der Waals surface area contributed by atoms with Gasteiger partial charge in [-0.25, -0.2) is 18.7 Å². The van der Waals surface area contributed by atoms with Crippen LogP contribution in [0.5, 0.6) is 0 Å². The maximum Gasteiger partial charge on any atom is 0.329 e. The van der Waals surface area contributed by atoms with E-state index in [9.17, 15) is 28.4 Å². The van der Waals surface area contributed by atoms with Crippen LogP contribution in [0, 0.1) is 0 Å². The van der Waals surface area contributed by atoms with Gasteiger partial charge in [0.25, 0.3) is 11.8 Å². The highest BCUT2D eigenvalue weighted by atomic mass is 19.1. The Hall–Kier alpha value is -5.50. The van der Waals surface area contributed by atoms with Crippen LogP contribution in [-0.4, -0.2) is 81.0 Å². The monoisotopic (exact) mass is 684 g/mol. The summed E-state index contributed by atoms with van der Waals surface area (Å²) in [6.45, 7) is 0.489. The number of amides is 2. The molecule has 3 N–H and O–H groups in total. The minimum atomic E-state index is -1.01. The molecule has 3 heterocycles. The Morgan fingerprint density at radius 3 is 2.44 bits per heavy atom. The number of aldehydes is 2. The van der Waals surface area contributed by atoms with Crippen LogP contribution in [0.3, 0.4) is 0 Å². The lowest BCUT2D eigenvalue weighted by Crippen LogP contribution is -2.28. The summed E-state index contributed by atoms with van der Waals surface area (Å²) < 4.78 is 17.6. The molecule has 1 aliphatic rings.